The molecule has 0 spiro atoms. The van der Waals surface area contributed by atoms with Gasteiger partial charge in [-0.05, 0) is 0 Å². The summed E-state index contributed by atoms with van der Waals surface area (Å²) >= 11 is 5.35. The van der Waals surface area contributed by atoms with Crippen molar-refractivity contribution in [3.05, 3.63) is 0 Å². The molecule has 1 aliphatic rings. The lowest BCUT2D eigenvalue weighted by Gasteiger charge is -2.35. The highest BCUT2D eigenvalue weighted by Gasteiger charge is 2.27. The Morgan fingerprint density at radius 1 is 1.70 bits per heavy atom. The third-order valence-corrected chi connectivity index (χ3v) is 1.71. The average Bonchev–Trinajstić information content (AvgIpc) is 1.82. The number of rotatable bonds is 2. The van der Waals surface area contributed by atoms with Crippen molar-refractivity contribution in [1.82, 2.24) is 4.90 Å². The topological polar surface area (TPSA) is 40.5 Å². The lowest BCUT2D eigenvalue weighted by molar-refractivity contribution is -0.140. The number of amides is 1. The molecular weight excluding hydrogens is 154 g/mol. The summed E-state index contributed by atoms with van der Waals surface area (Å²) in [5, 5.41) is 8.81. The van der Waals surface area contributed by atoms with Crippen molar-refractivity contribution in [2.75, 3.05) is 19.0 Å². The fourth-order valence-electron chi connectivity index (χ4n) is 0.898. The molecule has 1 saturated heterocycles. The second-order valence-corrected chi connectivity index (χ2v) is 2.77. The lowest BCUT2D eigenvalue weighted by atomic mass is 10.1. The molecule has 0 aromatic heterocycles. The third kappa shape index (κ3) is 1.61. The predicted molar refractivity (Wildman–Crippen MR) is 37.9 cm³/mol. The SMILES string of the molecule is O=C(CCCl)N1CC(O)C1. The molecule has 1 fully saturated rings. The number of halogens is 1. The Balaban J connectivity index is 2.18. The maximum absolute atomic E-state index is 10.9. The Hall–Kier alpha value is -0.280. The van der Waals surface area contributed by atoms with Gasteiger partial charge in [0.15, 0.2) is 0 Å². The molecule has 4 heteroatoms. The molecule has 58 valence electrons. The van der Waals surface area contributed by atoms with Gasteiger partial charge in [0, 0.05) is 25.4 Å². The van der Waals surface area contributed by atoms with Crippen molar-refractivity contribution in [3.8, 4) is 0 Å². The molecule has 0 aliphatic carbocycles. The van der Waals surface area contributed by atoms with E-state index in [2.05, 4.69) is 0 Å². The summed E-state index contributed by atoms with van der Waals surface area (Å²) in [7, 11) is 0. The average molecular weight is 164 g/mol. The summed E-state index contributed by atoms with van der Waals surface area (Å²) < 4.78 is 0. The van der Waals surface area contributed by atoms with Gasteiger partial charge < -0.3 is 10.0 Å². The second-order valence-electron chi connectivity index (χ2n) is 2.39. The molecule has 0 aromatic carbocycles. The van der Waals surface area contributed by atoms with Crippen LogP contribution in [-0.4, -0.2) is 41.0 Å². The van der Waals surface area contributed by atoms with Gasteiger partial charge in [0.25, 0.3) is 0 Å². The first-order valence-corrected chi connectivity index (χ1v) is 3.79. The Morgan fingerprint density at radius 2 is 2.30 bits per heavy atom. The summed E-state index contributed by atoms with van der Waals surface area (Å²) in [5.41, 5.74) is 0. The van der Waals surface area contributed by atoms with Crippen molar-refractivity contribution in [2.24, 2.45) is 0 Å². The fraction of sp³-hybridized carbons (Fsp3) is 0.833. The number of aliphatic hydroxyl groups excluding tert-OH is 1. The molecule has 0 unspecified atom stereocenters. The monoisotopic (exact) mass is 163 g/mol. The van der Waals surface area contributed by atoms with Crippen molar-refractivity contribution < 1.29 is 9.90 Å². The van der Waals surface area contributed by atoms with E-state index in [1.54, 1.807) is 4.90 Å². The number of hydrogen-bond donors (Lipinski definition) is 1. The number of nitrogens with zero attached hydrogens (tertiary/aromatic N) is 1. The summed E-state index contributed by atoms with van der Waals surface area (Å²) in [6.07, 6.45) is 0.0770. The smallest absolute Gasteiger partial charge is 0.223 e. The summed E-state index contributed by atoms with van der Waals surface area (Å²) in [6, 6.07) is 0. The lowest BCUT2D eigenvalue weighted by Crippen LogP contribution is -2.53. The molecule has 1 aliphatic heterocycles. The Morgan fingerprint density at radius 3 is 2.70 bits per heavy atom. The van der Waals surface area contributed by atoms with E-state index >= 15 is 0 Å². The predicted octanol–water partition coefficient (Wildman–Crippen LogP) is -0.182. The van der Waals surface area contributed by atoms with Crippen LogP contribution in [0.15, 0.2) is 0 Å². The Kier molecular flexibility index (Phi) is 2.51. The van der Waals surface area contributed by atoms with E-state index in [4.69, 9.17) is 16.7 Å². The third-order valence-electron chi connectivity index (χ3n) is 1.52. The van der Waals surface area contributed by atoms with Crippen LogP contribution in [0.5, 0.6) is 0 Å². The number of alkyl halides is 1. The summed E-state index contributed by atoms with van der Waals surface area (Å²) in [6.45, 7) is 0.964. The molecule has 3 nitrogen and oxygen atoms in total. The number of carbonyl (C=O) groups is 1. The normalized spacial score (nSPS) is 18.8. The van der Waals surface area contributed by atoms with Gasteiger partial charge in [-0.3, -0.25) is 4.79 Å². The van der Waals surface area contributed by atoms with E-state index in [1.165, 1.54) is 0 Å². The van der Waals surface area contributed by atoms with Crippen molar-refractivity contribution >= 4 is 17.5 Å². The quantitative estimate of drug-likeness (QED) is 0.574. The van der Waals surface area contributed by atoms with Crippen LogP contribution in [0.1, 0.15) is 6.42 Å². The standard InChI is InChI=1S/C6H10ClNO2/c7-2-1-6(10)8-3-5(9)4-8/h5,9H,1-4H2. The van der Waals surface area contributed by atoms with Crippen LogP contribution in [0.3, 0.4) is 0 Å². The molecule has 0 aromatic rings. The van der Waals surface area contributed by atoms with Gasteiger partial charge in [-0.25, -0.2) is 0 Å². The molecule has 1 rings (SSSR count). The van der Waals surface area contributed by atoms with Crippen molar-refractivity contribution in [1.29, 1.82) is 0 Å². The van der Waals surface area contributed by atoms with Gasteiger partial charge in [-0.1, -0.05) is 0 Å². The highest BCUT2D eigenvalue weighted by atomic mass is 35.5. The van der Waals surface area contributed by atoms with E-state index in [-0.39, 0.29) is 12.0 Å². The van der Waals surface area contributed by atoms with E-state index in [0.29, 0.717) is 25.4 Å². The van der Waals surface area contributed by atoms with Crippen LogP contribution >= 0.6 is 11.6 Å². The van der Waals surface area contributed by atoms with E-state index < -0.39 is 0 Å². The van der Waals surface area contributed by atoms with Crippen LogP contribution in [0, 0.1) is 0 Å². The van der Waals surface area contributed by atoms with Crippen LogP contribution in [0.25, 0.3) is 0 Å². The molecule has 0 bridgehead atoms. The zero-order valence-electron chi connectivity index (χ0n) is 5.59. The maximum Gasteiger partial charge on any atom is 0.223 e. The summed E-state index contributed by atoms with van der Waals surface area (Å²) in [5.74, 6) is 0.408. The van der Waals surface area contributed by atoms with Gasteiger partial charge in [-0.15, -0.1) is 11.6 Å². The van der Waals surface area contributed by atoms with Crippen LogP contribution in [-0.2, 0) is 4.79 Å². The Labute approximate surface area is 64.6 Å². The van der Waals surface area contributed by atoms with Crippen molar-refractivity contribution in [2.45, 2.75) is 12.5 Å². The number of β-amino-alcohol motifs (C(OH)–C–C–N with tert-alkyl or cyclic N) is 1. The maximum atomic E-state index is 10.9. The molecule has 0 saturated carbocycles. The van der Waals surface area contributed by atoms with E-state index in [0.717, 1.165) is 0 Å². The number of hydrogen-bond acceptors (Lipinski definition) is 2. The van der Waals surface area contributed by atoms with Gasteiger partial charge in [0.1, 0.15) is 0 Å². The van der Waals surface area contributed by atoms with Crippen LogP contribution in [0.4, 0.5) is 0 Å². The Bertz CT molecular complexity index is 134. The molecule has 10 heavy (non-hydrogen) atoms. The van der Waals surface area contributed by atoms with Gasteiger partial charge in [-0.2, -0.15) is 0 Å². The van der Waals surface area contributed by atoms with Gasteiger partial charge in [0.2, 0.25) is 5.91 Å². The van der Waals surface area contributed by atoms with E-state index in [9.17, 15) is 4.79 Å². The first-order chi connectivity index (χ1) is 4.74. The minimum atomic E-state index is -0.306. The van der Waals surface area contributed by atoms with Gasteiger partial charge in [0.05, 0.1) is 6.10 Å². The minimum absolute atomic E-state index is 0.0419. The zero-order chi connectivity index (χ0) is 7.56. The first-order valence-electron chi connectivity index (χ1n) is 3.26. The molecule has 1 amide bonds. The zero-order valence-corrected chi connectivity index (χ0v) is 6.34. The van der Waals surface area contributed by atoms with Gasteiger partial charge >= 0.3 is 0 Å². The molecule has 0 radical (unpaired) electrons. The molecule has 1 N–H and O–H groups in total. The molecule has 1 heterocycles. The van der Waals surface area contributed by atoms with Crippen LogP contribution < -0.4 is 0 Å². The highest BCUT2D eigenvalue weighted by Crippen LogP contribution is 2.08. The number of aliphatic hydroxyl groups is 1. The van der Waals surface area contributed by atoms with E-state index in [1.807, 2.05) is 0 Å². The fourth-order valence-corrected chi connectivity index (χ4v) is 1.06. The van der Waals surface area contributed by atoms with Crippen LogP contribution in [0.2, 0.25) is 0 Å². The summed E-state index contributed by atoms with van der Waals surface area (Å²) in [4.78, 5) is 12.5. The molecular formula is C6H10ClNO2. The number of carbonyl (C=O) groups excluding carboxylic acids is 1. The molecule has 0 atom stereocenters. The largest absolute Gasteiger partial charge is 0.389 e. The first kappa shape index (κ1) is 7.82. The number of likely N-dealkylation sites (tertiary alicyclic amines) is 1. The van der Waals surface area contributed by atoms with Crippen molar-refractivity contribution in [3.63, 3.8) is 0 Å². The highest BCUT2D eigenvalue weighted by molar-refractivity contribution is 6.18. The minimum Gasteiger partial charge on any atom is -0.389 e. The second kappa shape index (κ2) is 3.21.